The Bertz CT molecular complexity index is 922. The van der Waals surface area contributed by atoms with Gasteiger partial charge in [-0.3, -0.25) is 4.99 Å². The average molecular weight is 422 g/mol. The van der Waals surface area contributed by atoms with Crippen LogP contribution in [-0.2, 0) is 23.0 Å². The molecular weight excluding hydrogens is 390 g/mol. The Hall–Kier alpha value is -2.46. The van der Waals surface area contributed by atoms with Crippen molar-refractivity contribution in [1.82, 2.24) is 30.1 Å². The highest BCUT2D eigenvalue weighted by Crippen LogP contribution is 2.16. The molecule has 29 heavy (non-hydrogen) atoms. The first-order chi connectivity index (χ1) is 13.9. The van der Waals surface area contributed by atoms with Gasteiger partial charge in [-0.2, -0.15) is 0 Å². The third-order valence-electron chi connectivity index (χ3n) is 4.31. The molecule has 2 rings (SSSR count). The van der Waals surface area contributed by atoms with Gasteiger partial charge in [0.2, 0.25) is 10.0 Å². The number of benzene rings is 1. The molecule has 0 aliphatic carbocycles. The molecule has 0 aliphatic rings. The quantitative estimate of drug-likeness (QED) is 0.300. The Labute approximate surface area is 173 Å². The van der Waals surface area contributed by atoms with Gasteiger partial charge in [0.05, 0.1) is 11.4 Å². The molecule has 0 aliphatic heterocycles. The molecule has 0 radical (unpaired) electrons. The van der Waals surface area contributed by atoms with E-state index in [1.165, 1.54) is 0 Å². The highest BCUT2D eigenvalue weighted by molar-refractivity contribution is 7.89. The lowest BCUT2D eigenvalue weighted by atomic mass is 10.2. The van der Waals surface area contributed by atoms with E-state index in [1.807, 2.05) is 37.5 Å². The van der Waals surface area contributed by atoms with Crippen LogP contribution in [0.15, 0.2) is 34.4 Å². The lowest BCUT2D eigenvalue weighted by molar-refractivity contribution is 0.581. The molecule has 3 N–H and O–H groups in total. The Morgan fingerprint density at radius 1 is 1.17 bits per heavy atom. The van der Waals surface area contributed by atoms with Crippen LogP contribution >= 0.6 is 0 Å². The molecule has 0 atom stereocenters. The van der Waals surface area contributed by atoms with Crippen LogP contribution in [0.25, 0.3) is 0 Å². The molecule has 10 heteroatoms. The van der Waals surface area contributed by atoms with Crippen molar-refractivity contribution in [3.05, 3.63) is 41.5 Å². The minimum absolute atomic E-state index is 0.220. The highest BCUT2D eigenvalue weighted by atomic mass is 32.2. The van der Waals surface area contributed by atoms with Gasteiger partial charge in [-0.25, -0.2) is 13.1 Å². The largest absolute Gasteiger partial charge is 0.357 e. The number of rotatable bonds is 10. The van der Waals surface area contributed by atoms with Crippen molar-refractivity contribution in [2.75, 3.05) is 26.2 Å². The molecule has 0 spiro atoms. The zero-order valence-corrected chi connectivity index (χ0v) is 18.4. The van der Waals surface area contributed by atoms with E-state index in [1.54, 1.807) is 19.3 Å². The number of nitrogens with zero attached hydrogens (tertiary/aromatic N) is 4. The summed E-state index contributed by atoms with van der Waals surface area (Å²) < 4.78 is 29.7. The fourth-order valence-electron chi connectivity index (χ4n) is 2.80. The summed E-state index contributed by atoms with van der Waals surface area (Å²) in [5.74, 6) is 1.58. The Kier molecular flexibility index (Phi) is 8.59. The van der Waals surface area contributed by atoms with Crippen LogP contribution < -0.4 is 15.4 Å². The molecule has 0 saturated carbocycles. The van der Waals surface area contributed by atoms with Crippen LogP contribution in [0.3, 0.4) is 0 Å². The topological polar surface area (TPSA) is 113 Å². The van der Waals surface area contributed by atoms with Gasteiger partial charge in [-0.15, -0.1) is 10.2 Å². The first-order valence-electron chi connectivity index (χ1n) is 9.83. The summed E-state index contributed by atoms with van der Waals surface area (Å²) in [5, 5.41) is 14.4. The third kappa shape index (κ3) is 6.82. The first kappa shape index (κ1) is 22.8. The van der Waals surface area contributed by atoms with E-state index in [0.29, 0.717) is 30.5 Å². The number of sulfonamides is 1. The maximum Gasteiger partial charge on any atom is 0.240 e. The summed E-state index contributed by atoms with van der Waals surface area (Å²) in [6.45, 7) is 10.3. The van der Waals surface area contributed by atoms with E-state index in [0.717, 1.165) is 29.9 Å². The minimum Gasteiger partial charge on any atom is -0.357 e. The zero-order chi connectivity index (χ0) is 21.3. The van der Waals surface area contributed by atoms with Gasteiger partial charge in [-0.05, 0) is 38.0 Å². The molecular formula is C19H31N7O2S. The number of hydrogen-bond acceptors (Lipinski definition) is 5. The van der Waals surface area contributed by atoms with E-state index in [9.17, 15) is 8.42 Å². The molecule has 0 amide bonds. The maximum absolute atomic E-state index is 12.5. The SMILES string of the molecule is CCNC(=NCCNS(=O)(=O)c1cc(C)ccc1C)NCCn1cnnc1CC. The predicted molar refractivity (Wildman–Crippen MR) is 114 cm³/mol. The summed E-state index contributed by atoms with van der Waals surface area (Å²) >= 11 is 0. The van der Waals surface area contributed by atoms with Crippen LogP contribution in [-0.4, -0.2) is 55.3 Å². The van der Waals surface area contributed by atoms with Gasteiger partial charge >= 0.3 is 0 Å². The molecule has 0 fully saturated rings. The second kappa shape index (κ2) is 10.9. The lowest BCUT2D eigenvalue weighted by Gasteiger charge is -2.13. The number of aryl methyl sites for hydroxylation is 3. The van der Waals surface area contributed by atoms with E-state index in [2.05, 4.69) is 30.5 Å². The molecule has 160 valence electrons. The fraction of sp³-hybridized carbons (Fsp3) is 0.526. The van der Waals surface area contributed by atoms with Gasteiger partial charge in [0, 0.05) is 32.6 Å². The predicted octanol–water partition coefficient (Wildman–Crippen LogP) is 0.991. The second-order valence-corrected chi connectivity index (χ2v) is 8.38. The molecule has 2 aromatic rings. The van der Waals surface area contributed by atoms with Crippen molar-refractivity contribution in [3.8, 4) is 0 Å². The van der Waals surface area contributed by atoms with Gasteiger partial charge in [-0.1, -0.05) is 19.1 Å². The Morgan fingerprint density at radius 2 is 1.97 bits per heavy atom. The van der Waals surface area contributed by atoms with Gasteiger partial charge in [0.25, 0.3) is 0 Å². The number of aliphatic imine (C=N–C) groups is 1. The Morgan fingerprint density at radius 3 is 2.69 bits per heavy atom. The highest BCUT2D eigenvalue weighted by Gasteiger charge is 2.16. The minimum atomic E-state index is -3.56. The monoisotopic (exact) mass is 421 g/mol. The van der Waals surface area contributed by atoms with Crippen LogP contribution in [0.5, 0.6) is 0 Å². The maximum atomic E-state index is 12.5. The van der Waals surface area contributed by atoms with Crippen LogP contribution in [0, 0.1) is 13.8 Å². The van der Waals surface area contributed by atoms with Crippen molar-refractivity contribution in [2.45, 2.75) is 45.6 Å². The lowest BCUT2D eigenvalue weighted by Crippen LogP contribution is -2.39. The number of hydrogen-bond donors (Lipinski definition) is 3. The van der Waals surface area contributed by atoms with E-state index in [-0.39, 0.29) is 6.54 Å². The first-order valence-corrected chi connectivity index (χ1v) is 11.3. The summed E-state index contributed by atoms with van der Waals surface area (Å²) in [5.41, 5.74) is 1.63. The smallest absolute Gasteiger partial charge is 0.240 e. The molecule has 1 heterocycles. The van der Waals surface area contributed by atoms with E-state index < -0.39 is 10.0 Å². The summed E-state index contributed by atoms with van der Waals surface area (Å²) in [6, 6.07) is 5.40. The fourth-order valence-corrected chi connectivity index (χ4v) is 4.15. The van der Waals surface area contributed by atoms with Crippen LogP contribution in [0.1, 0.15) is 30.8 Å². The van der Waals surface area contributed by atoms with Crippen LogP contribution in [0.2, 0.25) is 0 Å². The normalized spacial score (nSPS) is 12.2. The average Bonchev–Trinajstić information content (AvgIpc) is 3.14. The molecule has 0 unspecified atom stereocenters. The molecule has 1 aromatic heterocycles. The number of guanidine groups is 1. The third-order valence-corrected chi connectivity index (χ3v) is 5.91. The number of aromatic nitrogens is 3. The summed E-state index contributed by atoms with van der Waals surface area (Å²) in [4.78, 5) is 4.75. The number of nitrogens with one attached hydrogen (secondary N) is 3. The van der Waals surface area contributed by atoms with E-state index in [4.69, 9.17) is 0 Å². The Balaban J connectivity index is 1.87. The van der Waals surface area contributed by atoms with E-state index >= 15 is 0 Å². The molecule has 1 aromatic carbocycles. The van der Waals surface area contributed by atoms with Crippen LogP contribution in [0.4, 0.5) is 0 Å². The van der Waals surface area contributed by atoms with Crippen molar-refractivity contribution in [3.63, 3.8) is 0 Å². The molecule has 0 saturated heterocycles. The van der Waals surface area contributed by atoms with Crippen molar-refractivity contribution in [1.29, 1.82) is 0 Å². The summed E-state index contributed by atoms with van der Waals surface area (Å²) in [7, 11) is -3.56. The zero-order valence-electron chi connectivity index (χ0n) is 17.6. The molecule has 9 nitrogen and oxygen atoms in total. The van der Waals surface area contributed by atoms with Crippen molar-refractivity contribution in [2.24, 2.45) is 4.99 Å². The molecule has 0 bridgehead atoms. The standard InChI is InChI=1S/C19H31N7O2S/c1-5-18-25-23-14-26(18)12-11-22-19(20-6-2)21-9-10-24-29(27,28)17-13-15(3)7-8-16(17)4/h7-8,13-14,24H,5-6,9-12H2,1-4H3,(H2,20,21,22). The summed E-state index contributed by atoms with van der Waals surface area (Å²) in [6.07, 6.45) is 2.54. The van der Waals surface area contributed by atoms with Gasteiger partial charge in [0.15, 0.2) is 5.96 Å². The van der Waals surface area contributed by atoms with Gasteiger partial charge in [0.1, 0.15) is 12.2 Å². The van der Waals surface area contributed by atoms with Crippen molar-refractivity contribution < 1.29 is 8.42 Å². The second-order valence-electron chi connectivity index (χ2n) is 6.65. The van der Waals surface area contributed by atoms with Gasteiger partial charge < -0.3 is 15.2 Å². The van der Waals surface area contributed by atoms with Crippen molar-refractivity contribution >= 4 is 16.0 Å².